The molecule has 28 nitrogen and oxygen atoms in total. The molecular weight excluding hydrogens is 1210 g/mol. The number of nitrogens with two attached hydrogens (primary N) is 1. The molecule has 0 fully saturated rings. The number of nitrogens with one attached hydrogen (secondary N) is 3. The van der Waals surface area contributed by atoms with Crippen molar-refractivity contribution in [3.8, 4) is 22.9 Å². The van der Waals surface area contributed by atoms with E-state index in [0.717, 1.165) is 40.7 Å². The Bertz CT molecular complexity index is 3270. The van der Waals surface area contributed by atoms with Gasteiger partial charge in [-0.25, -0.2) is 14.6 Å². The van der Waals surface area contributed by atoms with Gasteiger partial charge in [0.15, 0.2) is 11.5 Å². The number of aryl methyl sites for hydroxylation is 1. The molecule has 5 amide bonds. The second-order valence-electron chi connectivity index (χ2n) is 22.0. The maximum Gasteiger partial charge on any atom is 0.510 e. The van der Waals surface area contributed by atoms with Crippen LogP contribution >= 0.6 is 0 Å². The number of carbonyl (C=O) groups excluding carboxylic acids is 7. The third-order valence-electron chi connectivity index (χ3n) is 15.6. The van der Waals surface area contributed by atoms with Gasteiger partial charge in [-0.2, -0.15) is 0 Å². The SMILES string of the molecule is CCCCc1c2c(nc3cc4c(cc13)OCO4)-c1cc3c(c(=O)n1C2)COC(=O)[C@@]3(CC)OC(=O)OCc1ccc(NC(=O)[C@H](CCCCN)NC(=O)CCOCCOCCOCCOCCOCCOCCOCCOCCNC(=O)CCN2C(=O)C=CC2=O)cc1. The zero-order valence-electron chi connectivity index (χ0n) is 52.9. The zero-order chi connectivity index (χ0) is 65.8. The molecule has 2 atom stereocenters. The van der Waals surface area contributed by atoms with Crippen LogP contribution in [-0.2, 0) is 113 Å². The third kappa shape index (κ3) is 20.3. The fourth-order valence-corrected chi connectivity index (χ4v) is 10.6. The smallest absolute Gasteiger partial charge is 0.457 e. The Kier molecular flexibility index (Phi) is 28.3. The molecule has 4 aromatic rings. The highest BCUT2D eigenvalue weighted by Crippen LogP contribution is 2.44. The molecule has 0 spiro atoms. The predicted molar refractivity (Wildman–Crippen MR) is 333 cm³/mol. The normalized spacial score (nSPS) is 15.5. The van der Waals surface area contributed by atoms with Crippen LogP contribution in [0.25, 0.3) is 22.3 Å². The Hall–Kier alpha value is -7.93. The highest BCUT2D eigenvalue weighted by Gasteiger charge is 2.51. The van der Waals surface area contributed by atoms with E-state index in [1.54, 1.807) is 41.8 Å². The van der Waals surface area contributed by atoms with E-state index in [9.17, 15) is 38.4 Å². The Morgan fingerprint density at radius 3 is 1.89 bits per heavy atom. The van der Waals surface area contributed by atoms with Gasteiger partial charge in [-0.05, 0) is 80.5 Å². The van der Waals surface area contributed by atoms with Gasteiger partial charge in [0.2, 0.25) is 30.1 Å². The number of aromatic nitrogens is 2. The van der Waals surface area contributed by atoms with Crippen molar-refractivity contribution in [2.24, 2.45) is 5.73 Å². The minimum absolute atomic E-state index is 0.0192. The number of pyridine rings is 2. The number of benzene rings is 2. The summed E-state index contributed by atoms with van der Waals surface area (Å²) in [4.78, 5) is 109. The molecule has 0 aliphatic carbocycles. The van der Waals surface area contributed by atoms with E-state index in [0.29, 0.717) is 165 Å². The van der Waals surface area contributed by atoms with Gasteiger partial charge in [0, 0.05) is 66.4 Å². The fourth-order valence-electron chi connectivity index (χ4n) is 10.6. The summed E-state index contributed by atoms with van der Waals surface area (Å²) in [5.74, 6) is -1.52. The lowest BCUT2D eigenvalue weighted by Gasteiger charge is -2.35. The van der Waals surface area contributed by atoms with Gasteiger partial charge in [-0.15, -0.1) is 0 Å². The number of fused-ring (bicyclic) bond motifs is 6. The highest BCUT2D eigenvalue weighted by atomic mass is 16.7. The minimum Gasteiger partial charge on any atom is -0.457 e. The number of nitrogens with zero attached hydrogens (tertiary/aromatic N) is 3. The largest absolute Gasteiger partial charge is 0.510 e. The number of unbranched alkanes of at least 4 members (excludes halogenated alkanes) is 2. The van der Waals surface area contributed by atoms with E-state index >= 15 is 0 Å². The Morgan fingerprint density at radius 1 is 0.688 bits per heavy atom. The van der Waals surface area contributed by atoms with Crippen LogP contribution in [0.1, 0.15) is 93.0 Å². The van der Waals surface area contributed by atoms with Crippen molar-refractivity contribution in [1.29, 1.82) is 0 Å². The lowest BCUT2D eigenvalue weighted by molar-refractivity contribution is -0.175. The topological polar surface area (TPSA) is 340 Å². The van der Waals surface area contributed by atoms with Gasteiger partial charge in [0.05, 0.1) is 135 Å². The van der Waals surface area contributed by atoms with Crippen LogP contribution in [0.3, 0.4) is 0 Å². The molecule has 6 heterocycles. The maximum absolute atomic E-state index is 14.3. The monoisotopic (exact) mass is 1300 g/mol. The lowest BCUT2D eigenvalue weighted by atomic mass is 9.85. The second-order valence-corrected chi connectivity index (χ2v) is 22.0. The first-order valence-electron chi connectivity index (χ1n) is 31.7. The maximum atomic E-state index is 14.3. The van der Waals surface area contributed by atoms with Crippen molar-refractivity contribution in [2.45, 2.75) is 103 Å². The van der Waals surface area contributed by atoms with E-state index in [1.165, 1.54) is 12.2 Å². The summed E-state index contributed by atoms with van der Waals surface area (Å²) in [6.45, 7) is 9.95. The van der Waals surface area contributed by atoms with Crippen LogP contribution in [0, 0.1) is 0 Å². The number of anilines is 1. The van der Waals surface area contributed by atoms with E-state index in [1.807, 2.05) is 12.1 Å². The first kappa shape index (κ1) is 70.9. The van der Waals surface area contributed by atoms with Crippen LogP contribution in [-0.4, -0.2) is 194 Å². The fraction of sp³-hybridized carbons (Fsp3) is 0.554. The summed E-state index contributed by atoms with van der Waals surface area (Å²) in [6, 6.07) is 11.2. The number of ether oxygens (including phenoxy) is 13. The number of hydrogen-bond acceptors (Lipinski definition) is 23. The summed E-state index contributed by atoms with van der Waals surface area (Å²) in [7, 11) is 0. The zero-order valence-corrected chi connectivity index (χ0v) is 52.9. The van der Waals surface area contributed by atoms with Crippen molar-refractivity contribution >= 4 is 58.3 Å². The third-order valence-corrected chi connectivity index (χ3v) is 15.6. The molecule has 4 aliphatic heterocycles. The molecule has 506 valence electrons. The van der Waals surface area contributed by atoms with Gasteiger partial charge in [-0.3, -0.25) is 33.7 Å². The number of rotatable bonds is 44. The molecule has 28 heteroatoms. The Balaban J connectivity index is 0.647. The first-order chi connectivity index (χ1) is 45.3. The van der Waals surface area contributed by atoms with Crippen molar-refractivity contribution in [1.82, 2.24) is 25.1 Å². The lowest BCUT2D eigenvalue weighted by Crippen LogP contribution is -2.47. The number of amides is 5. The molecule has 0 saturated heterocycles. The summed E-state index contributed by atoms with van der Waals surface area (Å²) in [6.07, 6.45) is 5.40. The van der Waals surface area contributed by atoms with Gasteiger partial charge in [0.1, 0.15) is 19.3 Å². The van der Waals surface area contributed by atoms with Crippen LogP contribution in [0.2, 0.25) is 0 Å². The van der Waals surface area contributed by atoms with Crippen molar-refractivity contribution in [3.63, 3.8) is 0 Å². The predicted octanol–water partition coefficient (Wildman–Crippen LogP) is 4.02. The number of cyclic esters (lactones) is 1. The number of hydrogen-bond donors (Lipinski definition) is 4. The van der Waals surface area contributed by atoms with E-state index < -0.39 is 41.5 Å². The molecule has 0 unspecified atom stereocenters. The van der Waals surface area contributed by atoms with Crippen LogP contribution < -0.4 is 36.7 Å². The molecular formula is C65H85N7O21. The van der Waals surface area contributed by atoms with Crippen molar-refractivity contribution in [2.75, 3.05) is 137 Å². The van der Waals surface area contributed by atoms with Crippen LogP contribution in [0.15, 0.2) is 59.4 Å². The molecule has 0 saturated carbocycles. The standard InChI is InChI=1S/C65H85N7O21/c1-3-5-8-46-47-37-54-55(92-43-91-54)39-52(47)70-60-48(46)40-72-53(60)38-50-49(62(72)78)42-89-63(79)65(50,4-2)93-64(80)90-41-44-10-12-45(13-11-44)68-61(77)51(9-6-7-18-66)69-57(74)17-21-81-23-25-83-27-29-85-31-33-87-35-36-88-34-32-86-30-28-84-26-24-82-22-19-67-56(73)16-20-71-58(75)14-15-59(71)76/h10-15,37-39,51H,3-9,16-36,40-43,66H2,1-2H3,(H,67,73)(H,68,77)(H,69,74)/t51-,65-/m0/s1. The minimum atomic E-state index is -1.99. The first-order valence-corrected chi connectivity index (χ1v) is 31.7. The molecule has 0 bridgehead atoms. The van der Waals surface area contributed by atoms with Gasteiger partial charge in [-0.1, -0.05) is 32.4 Å². The van der Waals surface area contributed by atoms with E-state index in [2.05, 4.69) is 22.9 Å². The van der Waals surface area contributed by atoms with Crippen molar-refractivity contribution in [3.05, 3.63) is 92.8 Å². The van der Waals surface area contributed by atoms with Gasteiger partial charge in [0.25, 0.3) is 17.4 Å². The molecule has 93 heavy (non-hydrogen) atoms. The molecule has 0 radical (unpaired) electrons. The summed E-state index contributed by atoms with van der Waals surface area (Å²) >= 11 is 0. The molecule has 4 aliphatic rings. The molecule has 2 aromatic carbocycles. The number of esters is 1. The summed E-state index contributed by atoms with van der Waals surface area (Å²) < 4.78 is 74.1. The summed E-state index contributed by atoms with van der Waals surface area (Å²) in [5, 5.41) is 9.25. The average molecular weight is 1300 g/mol. The van der Waals surface area contributed by atoms with E-state index in [-0.39, 0.29) is 94.1 Å². The second kappa shape index (κ2) is 37.1. The van der Waals surface area contributed by atoms with E-state index in [4.69, 9.17) is 72.3 Å². The Morgan fingerprint density at radius 2 is 1.29 bits per heavy atom. The summed E-state index contributed by atoms with van der Waals surface area (Å²) in [5.41, 5.74) is 8.44. The number of imide groups is 1. The van der Waals surface area contributed by atoms with Gasteiger partial charge >= 0.3 is 12.1 Å². The van der Waals surface area contributed by atoms with Crippen molar-refractivity contribution < 1.29 is 95.1 Å². The van der Waals surface area contributed by atoms with Gasteiger partial charge < -0.3 is 87.8 Å². The molecule has 5 N–H and O–H groups in total. The molecule has 8 rings (SSSR count). The average Bonchev–Trinajstić information content (AvgIpc) is 1.64. The highest BCUT2D eigenvalue weighted by molar-refractivity contribution is 6.13. The van der Waals surface area contributed by atoms with Crippen LogP contribution in [0.4, 0.5) is 10.5 Å². The Labute approximate surface area is 538 Å². The molecule has 2 aromatic heterocycles. The number of carbonyl (C=O) groups is 7. The quantitative estimate of drug-likeness (QED) is 0.0243. The van der Waals surface area contributed by atoms with Crippen LogP contribution in [0.5, 0.6) is 11.5 Å².